The van der Waals surface area contributed by atoms with Crippen LogP contribution in [0.3, 0.4) is 0 Å². The van der Waals surface area contributed by atoms with Gasteiger partial charge in [-0.1, -0.05) is 30.3 Å². The highest BCUT2D eigenvalue weighted by atomic mass is 16.1. The van der Waals surface area contributed by atoms with Crippen LogP contribution < -0.4 is 10.2 Å². The molecule has 0 aliphatic heterocycles. The van der Waals surface area contributed by atoms with Crippen LogP contribution in [0.2, 0.25) is 0 Å². The molecule has 0 fully saturated rings. The quantitative estimate of drug-likeness (QED) is 0.717. The van der Waals surface area contributed by atoms with E-state index in [1.165, 1.54) is 5.56 Å². The third kappa shape index (κ3) is 4.71. The number of nitrogens with one attached hydrogen (secondary N) is 1. The summed E-state index contributed by atoms with van der Waals surface area (Å²) in [6.45, 7) is 3.66. The molecule has 5 nitrogen and oxygen atoms in total. The van der Waals surface area contributed by atoms with Crippen molar-refractivity contribution in [3.63, 3.8) is 0 Å². The first-order chi connectivity index (χ1) is 13.2. The summed E-state index contributed by atoms with van der Waals surface area (Å²) in [5.74, 6) is -0.280. The number of aromatic nitrogens is 1. The second kappa shape index (κ2) is 8.63. The van der Waals surface area contributed by atoms with E-state index in [4.69, 9.17) is 5.26 Å². The van der Waals surface area contributed by atoms with E-state index < -0.39 is 0 Å². The van der Waals surface area contributed by atoms with Crippen molar-refractivity contribution in [1.29, 1.82) is 5.26 Å². The molecule has 0 aliphatic rings. The maximum Gasteiger partial charge on any atom is 0.274 e. The van der Waals surface area contributed by atoms with Gasteiger partial charge in [0.05, 0.1) is 11.6 Å². The zero-order chi connectivity index (χ0) is 19.1. The lowest BCUT2D eigenvalue weighted by molar-refractivity contribution is 0.102. The van der Waals surface area contributed by atoms with Crippen LogP contribution in [0.5, 0.6) is 0 Å². The van der Waals surface area contributed by atoms with Gasteiger partial charge in [-0.2, -0.15) is 5.26 Å². The van der Waals surface area contributed by atoms with Gasteiger partial charge < -0.3 is 10.2 Å². The summed E-state index contributed by atoms with van der Waals surface area (Å²) in [6, 6.07) is 22.7. The largest absolute Gasteiger partial charge is 0.367 e. The lowest BCUT2D eigenvalue weighted by Crippen LogP contribution is -2.23. The van der Waals surface area contributed by atoms with Gasteiger partial charge in [0.2, 0.25) is 0 Å². The van der Waals surface area contributed by atoms with Crippen LogP contribution in [0, 0.1) is 11.3 Å². The van der Waals surface area contributed by atoms with Crippen molar-refractivity contribution in [2.24, 2.45) is 0 Å². The number of nitriles is 1. The van der Waals surface area contributed by atoms with Gasteiger partial charge in [-0.3, -0.25) is 9.78 Å². The number of rotatable bonds is 6. The van der Waals surface area contributed by atoms with E-state index >= 15 is 0 Å². The molecule has 3 rings (SSSR count). The minimum absolute atomic E-state index is 0.280. The minimum atomic E-state index is -0.280. The topological polar surface area (TPSA) is 69.0 Å². The lowest BCUT2D eigenvalue weighted by atomic mass is 10.2. The van der Waals surface area contributed by atoms with Gasteiger partial charge in [-0.15, -0.1) is 0 Å². The Balaban J connectivity index is 1.75. The Labute approximate surface area is 158 Å². The molecular formula is C22H20N4O. The summed E-state index contributed by atoms with van der Waals surface area (Å²) in [4.78, 5) is 18.9. The number of amides is 1. The first-order valence-corrected chi connectivity index (χ1v) is 8.76. The number of nitrogens with zero attached hydrogens (tertiary/aromatic N) is 3. The average molecular weight is 356 g/mol. The molecule has 1 N–H and O–H groups in total. The van der Waals surface area contributed by atoms with Gasteiger partial charge in [-0.05, 0) is 48.9 Å². The van der Waals surface area contributed by atoms with E-state index in [0.717, 1.165) is 18.8 Å². The van der Waals surface area contributed by atoms with Gasteiger partial charge in [-0.25, -0.2) is 0 Å². The number of benzene rings is 2. The van der Waals surface area contributed by atoms with E-state index in [0.29, 0.717) is 16.9 Å². The van der Waals surface area contributed by atoms with Crippen LogP contribution in [0.4, 0.5) is 11.4 Å². The van der Waals surface area contributed by atoms with Crippen molar-refractivity contribution in [2.75, 3.05) is 16.8 Å². The van der Waals surface area contributed by atoms with Crippen LogP contribution >= 0.6 is 0 Å². The monoisotopic (exact) mass is 356 g/mol. The maximum absolute atomic E-state index is 12.5. The van der Waals surface area contributed by atoms with Gasteiger partial charge in [0.15, 0.2) is 0 Å². The molecule has 0 saturated heterocycles. The zero-order valence-electron chi connectivity index (χ0n) is 15.1. The van der Waals surface area contributed by atoms with Crippen LogP contribution in [0.1, 0.15) is 28.5 Å². The Morgan fingerprint density at radius 1 is 1.11 bits per heavy atom. The standard InChI is InChI=1S/C22H20N4O/c1-2-26(16-18-6-4-3-5-7-18)20-12-13-24-21(14-20)22(27)25-19-10-8-17(15-23)9-11-19/h3-14H,2,16H2,1H3,(H,25,27). The summed E-state index contributed by atoms with van der Waals surface area (Å²) >= 11 is 0. The highest BCUT2D eigenvalue weighted by Crippen LogP contribution is 2.18. The fourth-order valence-corrected chi connectivity index (χ4v) is 2.75. The number of anilines is 2. The van der Waals surface area contributed by atoms with E-state index in [-0.39, 0.29) is 5.91 Å². The van der Waals surface area contributed by atoms with Crippen molar-refractivity contribution < 1.29 is 4.79 Å². The van der Waals surface area contributed by atoms with E-state index in [2.05, 4.69) is 40.3 Å². The average Bonchev–Trinajstić information content (AvgIpc) is 2.73. The Morgan fingerprint density at radius 3 is 2.52 bits per heavy atom. The van der Waals surface area contributed by atoms with Crippen molar-refractivity contribution in [3.8, 4) is 6.07 Å². The Kier molecular flexibility index (Phi) is 5.80. The smallest absolute Gasteiger partial charge is 0.274 e. The number of pyridine rings is 1. The second-order valence-corrected chi connectivity index (χ2v) is 6.04. The molecule has 0 radical (unpaired) electrons. The Morgan fingerprint density at radius 2 is 1.85 bits per heavy atom. The molecule has 0 unspecified atom stereocenters. The molecule has 1 aromatic heterocycles. The summed E-state index contributed by atoms with van der Waals surface area (Å²) < 4.78 is 0. The Hall–Kier alpha value is -3.65. The highest BCUT2D eigenvalue weighted by Gasteiger charge is 2.12. The zero-order valence-corrected chi connectivity index (χ0v) is 15.1. The number of carbonyl (C=O) groups is 1. The molecule has 5 heteroatoms. The van der Waals surface area contributed by atoms with Gasteiger partial charge >= 0.3 is 0 Å². The maximum atomic E-state index is 12.5. The summed E-state index contributed by atoms with van der Waals surface area (Å²) in [5, 5.41) is 11.7. The van der Waals surface area contributed by atoms with Gasteiger partial charge in [0, 0.05) is 30.7 Å². The SMILES string of the molecule is CCN(Cc1ccccc1)c1ccnc(C(=O)Nc2ccc(C#N)cc2)c1. The second-order valence-electron chi connectivity index (χ2n) is 6.04. The number of hydrogen-bond donors (Lipinski definition) is 1. The van der Waals surface area contributed by atoms with Crippen LogP contribution in [-0.2, 0) is 6.54 Å². The van der Waals surface area contributed by atoms with Crippen molar-refractivity contribution in [3.05, 3.63) is 89.7 Å². The fraction of sp³-hybridized carbons (Fsp3) is 0.136. The molecule has 0 spiro atoms. The molecule has 0 bridgehead atoms. The van der Waals surface area contributed by atoms with Gasteiger partial charge in [0.1, 0.15) is 5.69 Å². The number of carbonyl (C=O) groups excluding carboxylic acids is 1. The third-order valence-electron chi connectivity index (χ3n) is 4.21. The molecule has 27 heavy (non-hydrogen) atoms. The molecule has 0 saturated carbocycles. The van der Waals surface area contributed by atoms with Crippen molar-refractivity contribution in [1.82, 2.24) is 4.98 Å². The Bertz CT molecular complexity index is 946. The van der Waals surface area contributed by atoms with E-state index in [9.17, 15) is 4.79 Å². The molecule has 1 amide bonds. The minimum Gasteiger partial charge on any atom is -0.367 e. The summed E-state index contributed by atoms with van der Waals surface area (Å²) in [6.07, 6.45) is 1.65. The highest BCUT2D eigenvalue weighted by molar-refractivity contribution is 6.03. The van der Waals surface area contributed by atoms with Crippen LogP contribution in [-0.4, -0.2) is 17.4 Å². The van der Waals surface area contributed by atoms with Crippen LogP contribution in [0.15, 0.2) is 72.9 Å². The molecule has 0 aliphatic carbocycles. The van der Waals surface area contributed by atoms with Crippen molar-refractivity contribution >= 4 is 17.3 Å². The molecule has 134 valence electrons. The summed E-state index contributed by atoms with van der Waals surface area (Å²) in [7, 11) is 0. The molecule has 3 aromatic rings. The first-order valence-electron chi connectivity index (χ1n) is 8.76. The predicted molar refractivity (Wildman–Crippen MR) is 107 cm³/mol. The molecular weight excluding hydrogens is 336 g/mol. The van der Waals surface area contributed by atoms with Crippen LogP contribution in [0.25, 0.3) is 0 Å². The molecule has 1 heterocycles. The third-order valence-corrected chi connectivity index (χ3v) is 4.21. The summed E-state index contributed by atoms with van der Waals surface area (Å²) in [5.41, 5.74) is 3.68. The number of hydrogen-bond acceptors (Lipinski definition) is 4. The fourth-order valence-electron chi connectivity index (χ4n) is 2.75. The lowest BCUT2D eigenvalue weighted by Gasteiger charge is -2.23. The molecule has 0 atom stereocenters. The first kappa shape index (κ1) is 18.2. The normalized spacial score (nSPS) is 10.1. The van der Waals surface area contributed by atoms with Gasteiger partial charge in [0.25, 0.3) is 5.91 Å². The van der Waals surface area contributed by atoms with E-state index in [1.807, 2.05) is 24.3 Å². The van der Waals surface area contributed by atoms with E-state index in [1.54, 1.807) is 36.5 Å². The predicted octanol–water partition coefficient (Wildman–Crippen LogP) is 4.23. The molecule has 2 aromatic carbocycles. The van der Waals surface area contributed by atoms with Crippen molar-refractivity contribution in [2.45, 2.75) is 13.5 Å².